The Morgan fingerprint density at radius 3 is 2.23 bits per heavy atom. The predicted octanol–water partition coefficient (Wildman–Crippen LogP) is 2.00. The van der Waals surface area contributed by atoms with Gasteiger partial charge in [0.25, 0.3) is 11.7 Å². The Bertz CT molecular complexity index is 1110. The molecule has 1 atom stereocenters. The quantitative estimate of drug-likeness (QED) is 0.398. The van der Waals surface area contributed by atoms with E-state index in [9.17, 15) is 23.1 Å². The Morgan fingerprint density at radius 1 is 1.06 bits per heavy atom. The predicted molar refractivity (Wildman–Crippen MR) is 115 cm³/mol. The van der Waals surface area contributed by atoms with Gasteiger partial charge in [0.1, 0.15) is 5.76 Å². The van der Waals surface area contributed by atoms with Crippen molar-refractivity contribution in [2.75, 3.05) is 34.4 Å². The standard InChI is InChI=1S/C22H24N2O6S/c1-23(2)31(28,29)17-11-9-16(10-12-17)20(25)18-19(15-7-5-4-6-8-15)24(13-14-30-3)22(27)21(18)26/h4-12,19,25H,13-14H2,1-3H3/b20-18+/t19-/m0/s1. The van der Waals surface area contributed by atoms with Crippen LogP contribution in [0.1, 0.15) is 17.2 Å². The molecule has 0 aromatic heterocycles. The fourth-order valence-electron chi connectivity index (χ4n) is 3.43. The molecular weight excluding hydrogens is 420 g/mol. The third-order valence-electron chi connectivity index (χ3n) is 5.10. The van der Waals surface area contributed by atoms with E-state index in [0.29, 0.717) is 5.56 Å². The fraction of sp³-hybridized carbons (Fsp3) is 0.273. The molecular formula is C22H24N2O6S. The zero-order chi connectivity index (χ0) is 22.8. The van der Waals surface area contributed by atoms with Crippen molar-refractivity contribution in [2.24, 2.45) is 0 Å². The molecule has 1 saturated heterocycles. The van der Waals surface area contributed by atoms with E-state index in [2.05, 4.69) is 0 Å². The van der Waals surface area contributed by atoms with E-state index in [0.717, 1.165) is 4.31 Å². The Kier molecular flexibility index (Phi) is 6.59. The lowest BCUT2D eigenvalue weighted by Gasteiger charge is -2.25. The molecule has 9 heteroatoms. The van der Waals surface area contributed by atoms with E-state index in [1.165, 1.54) is 50.4 Å². The average Bonchev–Trinajstić information content (AvgIpc) is 3.02. The van der Waals surface area contributed by atoms with Crippen LogP contribution in [0.25, 0.3) is 5.76 Å². The molecule has 0 spiro atoms. The number of nitrogens with zero attached hydrogens (tertiary/aromatic N) is 2. The molecule has 0 aliphatic carbocycles. The number of hydrogen-bond acceptors (Lipinski definition) is 6. The zero-order valence-corrected chi connectivity index (χ0v) is 18.3. The summed E-state index contributed by atoms with van der Waals surface area (Å²) >= 11 is 0. The van der Waals surface area contributed by atoms with Gasteiger partial charge in [0.2, 0.25) is 10.0 Å². The highest BCUT2D eigenvalue weighted by Crippen LogP contribution is 2.39. The number of methoxy groups -OCH3 is 1. The number of carbonyl (C=O) groups excluding carboxylic acids is 2. The number of aliphatic hydroxyl groups excluding tert-OH is 1. The molecule has 1 aliphatic heterocycles. The first kappa shape index (κ1) is 22.7. The molecule has 8 nitrogen and oxygen atoms in total. The Morgan fingerprint density at radius 2 is 1.68 bits per heavy atom. The van der Waals surface area contributed by atoms with E-state index in [1.807, 2.05) is 6.07 Å². The summed E-state index contributed by atoms with van der Waals surface area (Å²) in [5.41, 5.74) is 0.866. The van der Waals surface area contributed by atoms with E-state index < -0.39 is 27.8 Å². The highest BCUT2D eigenvalue weighted by molar-refractivity contribution is 7.89. The van der Waals surface area contributed by atoms with Crippen LogP contribution in [0.15, 0.2) is 65.1 Å². The number of ether oxygens (including phenoxy) is 1. The van der Waals surface area contributed by atoms with Gasteiger partial charge in [-0.1, -0.05) is 30.3 Å². The first-order valence-electron chi connectivity index (χ1n) is 9.55. The minimum atomic E-state index is -3.64. The van der Waals surface area contributed by atoms with Crippen molar-refractivity contribution in [3.8, 4) is 0 Å². The summed E-state index contributed by atoms with van der Waals surface area (Å²) in [6, 6.07) is 13.7. The van der Waals surface area contributed by atoms with Crippen molar-refractivity contribution >= 4 is 27.5 Å². The van der Waals surface area contributed by atoms with Gasteiger partial charge in [-0.25, -0.2) is 12.7 Å². The average molecular weight is 445 g/mol. The van der Waals surface area contributed by atoms with Crippen LogP contribution >= 0.6 is 0 Å². The number of likely N-dealkylation sites (tertiary alicyclic amines) is 1. The number of sulfonamides is 1. The lowest BCUT2D eigenvalue weighted by Crippen LogP contribution is -2.32. The van der Waals surface area contributed by atoms with Gasteiger partial charge >= 0.3 is 0 Å². The zero-order valence-electron chi connectivity index (χ0n) is 17.5. The summed E-state index contributed by atoms with van der Waals surface area (Å²) in [5.74, 6) is -1.88. The van der Waals surface area contributed by atoms with E-state index in [4.69, 9.17) is 4.74 Å². The number of carbonyl (C=O) groups is 2. The highest BCUT2D eigenvalue weighted by atomic mass is 32.2. The number of rotatable bonds is 7. The number of amides is 1. The minimum Gasteiger partial charge on any atom is -0.507 e. The molecule has 1 aliphatic rings. The number of Topliss-reactive ketones (excluding diaryl/α,β-unsaturated/α-hetero) is 1. The van der Waals surface area contributed by atoms with Crippen LogP contribution in [0.5, 0.6) is 0 Å². The van der Waals surface area contributed by atoms with Gasteiger partial charge < -0.3 is 14.7 Å². The molecule has 0 saturated carbocycles. The molecule has 2 aromatic carbocycles. The van der Waals surface area contributed by atoms with Gasteiger partial charge in [-0.3, -0.25) is 9.59 Å². The van der Waals surface area contributed by atoms with Crippen LogP contribution in [-0.2, 0) is 24.3 Å². The molecule has 1 fully saturated rings. The second-order valence-electron chi connectivity index (χ2n) is 7.21. The third-order valence-corrected chi connectivity index (χ3v) is 6.93. The van der Waals surface area contributed by atoms with E-state index in [1.54, 1.807) is 24.3 Å². The van der Waals surface area contributed by atoms with Crippen molar-refractivity contribution < 1.29 is 27.9 Å². The maximum atomic E-state index is 12.8. The van der Waals surface area contributed by atoms with Crippen LogP contribution in [0, 0.1) is 0 Å². The largest absolute Gasteiger partial charge is 0.507 e. The molecule has 1 amide bonds. The molecule has 31 heavy (non-hydrogen) atoms. The minimum absolute atomic E-state index is 0.0458. The summed E-state index contributed by atoms with van der Waals surface area (Å²) in [5, 5.41) is 11.0. The van der Waals surface area contributed by atoms with Gasteiger partial charge in [-0.15, -0.1) is 0 Å². The Labute approximate surface area is 181 Å². The van der Waals surface area contributed by atoms with Crippen LogP contribution in [-0.4, -0.2) is 68.8 Å². The van der Waals surface area contributed by atoms with Crippen molar-refractivity contribution in [1.29, 1.82) is 0 Å². The maximum Gasteiger partial charge on any atom is 0.295 e. The summed E-state index contributed by atoms with van der Waals surface area (Å²) in [7, 11) is 0.702. The smallest absolute Gasteiger partial charge is 0.295 e. The van der Waals surface area contributed by atoms with Crippen molar-refractivity contribution in [3.63, 3.8) is 0 Å². The third kappa shape index (κ3) is 4.25. The SMILES string of the molecule is COCCN1C(=O)C(=O)/C(=C(/O)c2ccc(S(=O)(=O)N(C)C)cc2)[C@@H]1c1ccccc1. The number of ketones is 1. The molecule has 1 N–H and O–H groups in total. The Hall–Kier alpha value is -3.01. The molecule has 3 rings (SSSR count). The summed E-state index contributed by atoms with van der Waals surface area (Å²) in [6.45, 7) is 0.408. The number of aliphatic hydroxyl groups is 1. The lowest BCUT2D eigenvalue weighted by molar-refractivity contribution is -0.140. The van der Waals surface area contributed by atoms with Crippen molar-refractivity contribution in [1.82, 2.24) is 9.21 Å². The molecule has 2 aromatic rings. The molecule has 1 heterocycles. The normalized spacial score (nSPS) is 18.7. The topological polar surface area (TPSA) is 104 Å². The van der Waals surface area contributed by atoms with Gasteiger partial charge in [0.05, 0.1) is 23.1 Å². The van der Waals surface area contributed by atoms with Crippen LogP contribution < -0.4 is 0 Å². The first-order valence-corrected chi connectivity index (χ1v) is 11.0. The second kappa shape index (κ2) is 9.01. The summed E-state index contributed by atoms with van der Waals surface area (Å²) < 4.78 is 30.7. The maximum absolute atomic E-state index is 12.8. The van der Waals surface area contributed by atoms with Gasteiger partial charge in [-0.05, 0) is 29.8 Å². The number of hydrogen-bond donors (Lipinski definition) is 1. The molecule has 0 unspecified atom stereocenters. The Balaban J connectivity index is 2.10. The molecule has 164 valence electrons. The van der Waals surface area contributed by atoms with Crippen molar-refractivity contribution in [2.45, 2.75) is 10.9 Å². The molecule has 0 radical (unpaired) electrons. The molecule has 0 bridgehead atoms. The first-order chi connectivity index (χ1) is 14.7. The van der Waals surface area contributed by atoms with E-state index in [-0.39, 0.29) is 34.9 Å². The fourth-order valence-corrected chi connectivity index (χ4v) is 4.33. The number of benzene rings is 2. The monoisotopic (exact) mass is 444 g/mol. The van der Waals surface area contributed by atoms with Gasteiger partial charge in [0, 0.05) is 33.3 Å². The lowest BCUT2D eigenvalue weighted by atomic mass is 9.95. The highest BCUT2D eigenvalue weighted by Gasteiger charge is 2.45. The van der Waals surface area contributed by atoms with E-state index >= 15 is 0 Å². The van der Waals surface area contributed by atoms with Crippen LogP contribution in [0.3, 0.4) is 0 Å². The van der Waals surface area contributed by atoms with Crippen molar-refractivity contribution in [3.05, 3.63) is 71.3 Å². The second-order valence-corrected chi connectivity index (χ2v) is 9.36. The summed E-state index contributed by atoms with van der Waals surface area (Å²) in [6.07, 6.45) is 0. The van der Waals surface area contributed by atoms with Gasteiger partial charge in [0.15, 0.2) is 0 Å². The summed E-state index contributed by atoms with van der Waals surface area (Å²) in [4.78, 5) is 27.0. The van der Waals surface area contributed by atoms with Crippen LogP contribution in [0.2, 0.25) is 0 Å². The van der Waals surface area contributed by atoms with Crippen LogP contribution in [0.4, 0.5) is 0 Å². The van der Waals surface area contributed by atoms with Gasteiger partial charge in [-0.2, -0.15) is 0 Å².